The van der Waals surface area contributed by atoms with Crippen LogP contribution in [0.5, 0.6) is 5.75 Å². The zero-order valence-electron chi connectivity index (χ0n) is 11.4. The summed E-state index contributed by atoms with van der Waals surface area (Å²) < 4.78 is 19.6. The Hall–Kier alpha value is -1.54. The molecule has 108 valence electrons. The van der Waals surface area contributed by atoms with Gasteiger partial charge in [0, 0.05) is 30.7 Å². The number of nitrogen functional groups attached to an aromatic ring is 1. The van der Waals surface area contributed by atoms with E-state index in [1.165, 1.54) is 29.2 Å². The average molecular weight is 314 g/mol. The first-order valence-corrected chi connectivity index (χ1v) is 7.55. The van der Waals surface area contributed by atoms with Gasteiger partial charge in [0.2, 0.25) is 5.13 Å². The van der Waals surface area contributed by atoms with Crippen molar-refractivity contribution in [2.24, 2.45) is 0 Å². The number of nitrogens with zero attached hydrogens (tertiary/aromatic N) is 3. The number of aromatic nitrogens is 2. The highest BCUT2D eigenvalue weighted by molar-refractivity contribution is 8.01. The van der Waals surface area contributed by atoms with Crippen molar-refractivity contribution in [2.75, 3.05) is 31.3 Å². The molecule has 0 saturated carbocycles. The SMILES string of the molecule is CCOc1cc(Sc2nnc(N(C)C)s2)c(N)cc1F. The Bertz CT molecular complexity index is 603. The molecular formula is C12H15FN4OS2. The third kappa shape index (κ3) is 3.31. The molecule has 0 spiro atoms. The highest BCUT2D eigenvalue weighted by Gasteiger charge is 2.13. The summed E-state index contributed by atoms with van der Waals surface area (Å²) in [6.07, 6.45) is 0. The van der Waals surface area contributed by atoms with Gasteiger partial charge in [-0.3, -0.25) is 0 Å². The molecule has 0 saturated heterocycles. The van der Waals surface area contributed by atoms with Crippen LogP contribution in [-0.2, 0) is 0 Å². The minimum Gasteiger partial charge on any atom is -0.491 e. The van der Waals surface area contributed by atoms with Crippen molar-refractivity contribution in [3.05, 3.63) is 17.9 Å². The van der Waals surface area contributed by atoms with Gasteiger partial charge in [-0.2, -0.15) is 0 Å². The highest BCUT2D eigenvalue weighted by Crippen LogP contribution is 2.38. The standard InChI is InChI=1S/C12H15FN4OS2/c1-4-18-9-6-10(8(14)5-7(9)13)19-12-16-15-11(20-12)17(2)3/h5-6H,4,14H2,1-3H3. The fourth-order valence-corrected chi connectivity index (χ4v) is 3.20. The molecule has 0 aliphatic rings. The summed E-state index contributed by atoms with van der Waals surface area (Å²) in [5.74, 6) is -0.263. The predicted octanol–water partition coefficient (Wildman–Crippen LogP) is 2.88. The quantitative estimate of drug-likeness (QED) is 0.856. The second-order valence-corrected chi connectivity index (χ2v) is 6.35. The van der Waals surface area contributed by atoms with E-state index in [0.29, 0.717) is 17.2 Å². The molecule has 0 atom stereocenters. The van der Waals surface area contributed by atoms with Gasteiger partial charge in [0.05, 0.1) is 6.61 Å². The predicted molar refractivity (Wildman–Crippen MR) is 80.3 cm³/mol. The van der Waals surface area contributed by atoms with Gasteiger partial charge in [0.15, 0.2) is 15.9 Å². The minimum atomic E-state index is -0.458. The fraction of sp³-hybridized carbons (Fsp3) is 0.333. The van der Waals surface area contributed by atoms with E-state index in [2.05, 4.69) is 10.2 Å². The van der Waals surface area contributed by atoms with Crippen molar-refractivity contribution in [3.8, 4) is 5.75 Å². The van der Waals surface area contributed by atoms with Gasteiger partial charge < -0.3 is 15.4 Å². The third-order valence-electron chi connectivity index (χ3n) is 2.34. The van der Waals surface area contributed by atoms with Crippen LogP contribution in [0, 0.1) is 5.82 Å². The van der Waals surface area contributed by atoms with Crippen LogP contribution >= 0.6 is 23.1 Å². The molecule has 0 aliphatic heterocycles. The lowest BCUT2D eigenvalue weighted by molar-refractivity contribution is 0.321. The molecule has 0 aliphatic carbocycles. The Balaban J connectivity index is 2.25. The first-order chi connectivity index (χ1) is 9.51. The van der Waals surface area contributed by atoms with E-state index in [0.717, 1.165) is 9.47 Å². The van der Waals surface area contributed by atoms with Crippen molar-refractivity contribution in [3.63, 3.8) is 0 Å². The number of anilines is 2. The zero-order chi connectivity index (χ0) is 14.7. The second kappa shape index (κ2) is 6.27. The van der Waals surface area contributed by atoms with Gasteiger partial charge in [0.25, 0.3) is 0 Å². The molecule has 1 aromatic carbocycles. The summed E-state index contributed by atoms with van der Waals surface area (Å²) in [5.41, 5.74) is 6.19. The van der Waals surface area contributed by atoms with E-state index in [1.807, 2.05) is 19.0 Å². The minimum absolute atomic E-state index is 0.196. The number of nitrogens with two attached hydrogens (primary N) is 1. The smallest absolute Gasteiger partial charge is 0.208 e. The van der Waals surface area contributed by atoms with E-state index in [1.54, 1.807) is 13.0 Å². The lowest BCUT2D eigenvalue weighted by Crippen LogP contribution is -2.07. The number of halogens is 1. The van der Waals surface area contributed by atoms with E-state index in [9.17, 15) is 4.39 Å². The van der Waals surface area contributed by atoms with Crippen LogP contribution < -0.4 is 15.4 Å². The molecule has 0 amide bonds. The van der Waals surface area contributed by atoms with Crippen molar-refractivity contribution in [2.45, 2.75) is 16.2 Å². The van der Waals surface area contributed by atoms with Crippen LogP contribution in [-0.4, -0.2) is 30.9 Å². The number of hydrogen-bond donors (Lipinski definition) is 1. The normalized spacial score (nSPS) is 10.6. The van der Waals surface area contributed by atoms with Gasteiger partial charge in [-0.25, -0.2) is 4.39 Å². The Kier molecular flexibility index (Phi) is 4.66. The number of ether oxygens (including phenoxy) is 1. The fourth-order valence-electron chi connectivity index (χ4n) is 1.42. The maximum Gasteiger partial charge on any atom is 0.208 e. The molecule has 5 nitrogen and oxygen atoms in total. The van der Waals surface area contributed by atoms with Gasteiger partial charge in [0.1, 0.15) is 0 Å². The van der Waals surface area contributed by atoms with Crippen molar-refractivity contribution >= 4 is 33.9 Å². The molecule has 2 aromatic rings. The summed E-state index contributed by atoms with van der Waals surface area (Å²) in [7, 11) is 3.79. The molecule has 8 heteroatoms. The molecule has 1 aromatic heterocycles. The van der Waals surface area contributed by atoms with Crippen LogP contribution in [0.1, 0.15) is 6.92 Å². The highest BCUT2D eigenvalue weighted by atomic mass is 32.2. The molecule has 20 heavy (non-hydrogen) atoms. The Morgan fingerprint density at radius 3 is 2.75 bits per heavy atom. The summed E-state index contributed by atoms with van der Waals surface area (Å²) in [5, 5.41) is 8.92. The third-order valence-corrected chi connectivity index (χ3v) is 4.56. The number of rotatable bonds is 5. The van der Waals surface area contributed by atoms with Gasteiger partial charge in [-0.15, -0.1) is 10.2 Å². The Labute approximate surface area is 124 Å². The molecule has 2 N–H and O–H groups in total. The number of benzene rings is 1. The summed E-state index contributed by atoms with van der Waals surface area (Å²) in [6.45, 7) is 2.20. The number of hydrogen-bond acceptors (Lipinski definition) is 7. The molecule has 0 unspecified atom stereocenters. The lowest BCUT2D eigenvalue weighted by Gasteiger charge is -2.09. The maximum absolute atomic E-state index is 13.6. The van der Waals surface area contributed by atoms with Crippen LogP contribution in [0.4, 0.5) is 15.2 Å². The lowest BCUT2D eigenvalue weighted by atomic mass is 10.3. The van der Waals surface area contributed by atoms with Crippen LogP contribution in [0.15, 0.2) is 21.4 Å². The van der Waals surface area contributed by atoms with Crippen molar-refractivity contribution in [1.82, 2.24) is 10.2 Å². The van der Waals surface area contributed by atoms with E-state index < -0.39 is 5.82 Å². The van der Waals surface area contributed by atoms with Crippen LogP contribution in [0.3, 0.4) is 0 Å². The first-order valence-electron chi connectivity index (χ1n) is 5.91. The van der Waals surface area contributed by atoms with E-state index in [-0.39, 0.29) is 5.75 Å². The molecule has 2 rings (SSSR count). The van der Waals surface area contributed by atoms with Gasteiger partial charge in [-0.05, 0) is 13.0 Å². The first kappa shape index (κ1) is 14.9. The maximum atomic E-state index is 13.6. The van der Waals surface area contributed by atoms with Crippen LogP contribution in [0.2, 0.25) is 0 Å². The summed E-state index contributed by atoms with van der Waals surface area (Å²) in [4.78, 5) is 2.58. The summed E-state index contributed by atoms with van der Waals surface area (Å²) in [6, 6.07) is 2.86. The van der Waals surface area contributed by atoms with E-state index >= 15 is 0 Å². The Morgan fingerprint density at radius 2 is 2.15 bits per heavy atom. The zero-order valence-corrected chi connectivity index (χ0v) is 13.0. The Morgan fingerprint density at radius 1 is 1.40 bits per heavy atom. The average Bonchev–Trinajstić information content (AvgIpc) is 2.84. The van der Waals surface area contributed by atoms with Crippen molar-refractivity contribution in [1.29, 1.82) is 0 Å². The largest absolute Gasteiger partial charge is 0.491 e. The van der Waals surface area contributed by atoms with E-state index in [4.69, 9.17) is 10.5 Å². The van der Waals surface area contributed by atoms with Crippen LogP contribution in [0.25, 0.3) is 0 Å². The molecule has 1 heterocycles. The molecule has 0 radical (unpaired) electrons. The van der Waals surface area contributed by atoms with Gasteiger partial charge in [-0.1, -0.05) is 23.1 Å². The summed E-state index contributed by atoms with van der Waals surface area (Å²) >= 11 is 2.79. The van der Waals surface area contributed by atoms with Crippen molar-refractivity contribution < 1.29 is 9.13 Å². The molecule has 0 fully saturated rings. The topological polar surface area (TPSA) is 64.3 Å². The molecule has 0 bridgehead atoms. The second-order valence-electron chi connectivity index (χ2n) is 4.10. The van der Waals surface area contributed by atoms with Gasteiger partial charge >= 0.3 is 0 Å². The molecular weight excluding hydrogens is 299 g/mol. The monoisotopic (exact) mass is 314 g/mol.